The number of amides is 1. The number of hydrogen-bond acceptors (Lipinski definition) is 5. The fourth-order valence-electron chi connectivity index (χ4n) is 2.72. The standard InChI is InChI=1S/C22H16N2O3S/c1-14-9-11-16(12-10-14)19(25)20-18(15-6-3-2-4-7-15)23-22(28-20)24-21(26)17-8-5-13-27-17/h2-13H,1H3,(H,23,24,26). The van der Waals surface area contributed by atoms with Crippen LogP contribution in [-0.4, -0.2) is 16.7 Å². The number of rotatable bonds is 5. The minimum Gasteiger partial charge on any atom is -0.459 e. The zero-order valence-electron chi connectivity index (χ0n) is 15.0. The van der Waals surface area contributed by atoms with Crippen molar-refractivity contribution in [2.75, 3.05) is 5.32 Å². The van der Waals surface area contributed by atoms with E-state index in [2.05, 4.69) is 10.3 Å². The van der Waals surface area contributed by atoms with E-state index in [4.69, 9.17) is 4.42 Å². The lowest BCUT2D eigenvalue weighted by Crippen LogP contribution is -2.10. The average molecular weight is 388 g/mol. The fourth-order valence-corrected chi connectivity index (χ4v) is 3.67. The van der Waals surface area contributed by atoms with Crippen LogP contribution in [0.15, 0.2) is 77.4 Å². The van der Waals surface area contributed by atoms with Gasteiger partial charge in [0.1, 0.15) is 4.88 Å². The molecular formula is C22H16N2O3S. The lowest BCUT2D eigenvalue weighted by molar-refractivity contribution is 0.0995. The van der Waals surface area contributed by atoms with Crippen LogP contribution in [0.4, 0.5) is 5.13 Å². The highest BCUT2D eigenvalue weighted by molar-refractivity contribution is 7.18. The number of nitrogens with one attached hydrogen (secondary N) is 1. The molecule has 1 amide bonds. The second-order valence-electron chi connectivity index (χ2n) is 6.19. The minimum absolute atomic E-state index is 0.130. The second kappa shape index (κ2) is 7.62. The van der Waals surface area contributed by atoms with Crippen LogP contribution in [0.1, 0.15) is 31.4 Å². The lowest BCUT2D eigenvalue weighted by Gasteiger charge is -2.02. The maximum absolute atomic E-state index is 13.1. The molecule has 0 radical (unpaired) electrons. The molecule has 0 bridgehead atoms. The van der Waals surface area contributed by atoms with Gasteiger partial charge in [-0.05, 0) is 19.1 Å². The third-order valence-electron chi connectivity index (χ3n) is 4.16. The number of carbonyl (C=O) groups is 2. The molecule has 138 valence electrons. The number of ketones is 1. The molecule has 1 N–H and O–H groups in total. The summed E-state index contributed by atoms with van der Waals surface area (Å²) in [5.41, 5.74) is 3.02. The van der Waals surface area contributed by atoms with Gasteiger partial charge in [-0.3, -0.25) is 14.9 Å². The zero-order chi connectivity index (χ0) is 19.5. The Bertz CT molecular complexity index is 1110. The molecule has 0 aliphatic rings. The van der Waals surface area contributed by atoms with Crippen LogP contribution in [0.25, 0.3) is 11.3 Å². The highest BCUT2D eigenvalue weighted by atomic mass is 32.1. The molecule has 0 fully saturated rings. The first-order valence-corrected chi connectivity index (χ1v) is 9.46. The van der Waals surface area contributed by atoms with Gasteiger partial charge >= 0.3 is 0 Å². The molecule has 0 aliphatic heterocycles. The van der Waals surface area contributed by atoms with Crippen molar-refractivity contribution in [2.24, 2.45) is 0 Å². The Morgan fingerprint density at radius 2 is 1.71 bits per heavy atom. The number of hydrogen-bond donors (Lipinski definition) is 1. The van der Waals surface area contributed by atoms with E-state index < -0.39 is 5.91 Å². The molecule has 2 aromatic heterocycles. The number of aryl methyl sites for hydroxylation is 1. The number of carbonyl (C=O) groups excluding carboxylic acids is 2. The molecule has 0 unspecified atom stereocenters. The van der Waals surface area contributed by atoms with Crippen molar-refractivity contribution in [3.63, 3.8) is 0 Å². The maximum atomic E-state index is 13.1. The van der Waals surface area contributed by atoms with Gasteiger partial charge in [0.05, 0.1) is 12.0 Å². The Labute approximate surface area is 165 Å². The average Bonchev–Trinajstić information content (AvgIpc) is 3.39. The predicted octanol–water partition coefficient (Wildman–Crippen LogP) is 5.19. The number of nitrogens with zero attached hydrogens (tertiary/aromatic N) is 1. The molecule has 4 rings (SSSR count). The largest absolute Gasteiger partial charge is 0.459 e. The summed E-state index contributed by atoms with van der Waals surface area (Å²) >= 11 is 1.15. The third-order valence-corrected chi connectivity index (χ3v) is 5.13. The van der Waals surface area contributed by atoms with Crippen LogP contribution in [0.5, 0.6) is 0 Å². The van der Waals surface area contributed by atoms with E-state index in [1.165, 1.54) is 6.26 Å². The molecule has 0 aliphatic carbocycles. The van der Waals surface area contributed by atoms with Crippen molar-refractivity contribution >= 4 is 28.2 Å². The topological polar surface area (TPSA) is 72.2 Å². The van der Waals surface area contributed by atoms with E-state index >= 15 is 0 Å². The van der Waals surface area contributed by atoms with E-state index in [-0.39, 0.29) is 11.5 Å². The summed E-state index contributed by atoms with van der Waals surface area (Å²) in [4.78, 5) is 30.4. The third kappa shape index (κ3) is 3.63. The Morgan fingerprint density at radius 3 is 2.39 bits per heavy atom. The molecule has 0 saturated carbocycles. The summed E-state index contributed by atoms with van der Waals surface area (Å²) in [7, 11) is 0. The molecule has 0 spiro atoms. The van der Waals surface area contributed by atoms with Crippen LogP contribution in [0.2, 0.25) is 0 Å². The zero-order valence-corrected chi connectivity index (χ0v) is 15.8. The highest BCUT2D eigenvalue weighted by Gasteiger charge is 2.22. The summed E-state index contributed by atoms with van der Waals surface area (Å²) in [6.45, 7) is 1.97. The fraction of sp³-hybridized carbons (Fsp3) is 0.0455. The molecular weight excluding hydrogens is 372 g/mol. The number of aromatic nitrogens is 1. The van der Waals surface area contributed by atoms with Gasteiger partial charge in [0.25, 0.3) is 5.91 Å². The van der Waals surface area contributed by atoms with Crippen molar-refractivity contribution in [3.8, 4) is 11.3 Å². The minimum atomic E-state index is -0.410. The van der Waals surface area contributed by atoms with Crippen LogP contribution in [0, 0.1) is 6.92 Å². The van der Waals surface area contributed by atoms with Gasteiger partial charge in [0, 0.05) is 11.1 Å². The summed E-state index contributed by atoms with van der Waals surface area (Å²) < 4.78 is 5.12. The Morgan fingerprint density at radius 1 is 0.964 bits per heavy atom. The Hall–Kier alpha value is -3.51. The van der Waals surface area contributed by atoms with E-state index in [0.717, 1.165) is 22.5 Å². The number of anilines is 1. The van der Waals surface area contributed by atoms with Crippen molar-refractivity contribution in [1.82, 2.24) is 4.98 Å². The molecule has 0 saturated heterocycles. The normalized spacial score (nSPS) is 10.6. The molecule has 5 nitrogen and oxygen atoms in total. The first kappa shape index (κ1) is 17.9. The molecule has 0 atom stereocenters. The Balaban J connectivity index is 1.73. The van der Waals surface area contributed by atoms with E-state index in [1.807, 2.05) is 49.4 Å². The first-order valence-electron chi connectivity index (χ1n) is 8.64. The number of benzene rings is 2. The van der Waals surface area contributed by atoms with Crippen LogP contribution in [-0.2, 0) is 0 Å². The molecule has 6 heteroatoms. The van der Waals surface area contributed by atoms with E-state index in [0.29, 0.717) is 21.3 Å². The van der Waals surface area contributed by atoms with Gasteiger partial charge < -0.3 is 4.42 Å². The Kier molecular flexibility index (Phi) is 4.87. The van der Waals surface area contributed by atoms with Crippen molar-refractivity contribution < 1.29 is 14.0 Å². The summed E-state index contributed by atoms with van der Waals surface area (Å²) in [5, 5.41) is 3.06. The molecule has 4 aromatic rings. The highest BCUT2D eigenvalue weighted by Crippen LogP contribution is 2.33. The van der Waals surface area contributed by atoms with Crippen LogP contribution in [0.3, 0.4) is 0 Å². The maximum Gasteiger partial charge on any atom is 0.293 e. The molecule has 2 heterocycles. The summed E-state index contributed by atoms with van der Waals surface area (Å²) in [6.07, 6.45) is 1.43. The van der Waals surface area contributed by atoms with E-state index in [9.17, 15) is 9.59 Å². The van der Waals surface area contributed by atoms with Gasteiger partial charge in [-0.2, -0.15) is 0 Å². The monoisotopic (exact) mass is 388 g/mol. The smallest absolute Gasteiger partial charge is 0.293 e. The summed E-state index contributed by atoms with van der Waals surface area (Å²) in [5.74, 6) is -0.356. The molecule has 2 aromatic carbocycles. The second-order valence-corrected chi connectivity index (χ2v) is 7.19. The lowest BCUT2D eigenvalue weighted by atomic mass is 10.0. The van der Waals surface area contributed by atoms with Gasteiger partial charge in [-0.1, -0.05) is 71.5 Å². The van der Waals surface area contributed by atoms with Crippen molar-refractivity contribution in [2.45, 2.75) is 6.92 Å². The van der Waals surface area contributed by atoms with Gasteiger partial charge in [0.2, 0.25) is 5.78 Å². The predicted molar refractivity (Wildman–Crippen MR) is 109 cm³/mol. The number of furan rings is 1. The van der Waals surface area contributed by atoms with Crippen LogP contribution < -0.4 is 5.32 Å². The van der Waals surface area contributed by atoms with Crippen molar-refractivity contribution in [3.05, 3.63) is 94.8 Å². The first-order chi connectivity index (χ1) is 13.6. The number of thiazole rings is 1. The van der Waals surface area contributed by atoms with Gasteiger partial charge in [0.15, 0.2) is 10.9 Å². The van der Waals surface area contributed by atoms with Gasteiger partial charge in [-0.25, -0.2) is 4.98 Å². The van der Waals surface area contributed by atoms with Crippen LogP contribution >= 0.6 is 11.3 Å². The quantitative estimate of drug-likeness (QED) is 0.477. The van der Waals surface area contributed by atoms with Crippen molar-refractivity contribution in [1.29, 1.82) is 0 Å². The van der Waals surface area contributed by atoms with E-state index in [1.54, 1.807) is 24.3 Å². The molecule has 28 heavy (non-hydrogen) atoms. The summed E-state index contributed by atoms with van der Waals surface area (Å²) in [6, 6.07) is 20.0. The SMILES string of the molecule is Cc1ccc(C(=O)c2sc(NC(=O)c3ccco3)nc2-c2ccccc2)cc1. The van der Waals surface area contributed by atoms with Gasteiger partial charge in [-0.15, -0.1) is 0 Å².